The average Bonchev–Trinajstić information content (AvgIpc) is 3.20. The summed E-state index contributed by atoms with van der Waals surface area (Å²) in [5.41, 5.74) is 2.35. The first-order valence-electron chi connectivity index (χ1n) is 7.52. The van der Waals surface area contributed by atoms with Gasteiger partial charge >= 0.3 is 0 Å². The van der Waals surface area contributed by atoms with E-state index in [2.05, 4.69) is 39.7 Å². The molecule has 1 saturated heterocycles. The minimum atomic E-state index is -0.192. The van der Waals surface area contributed by atoms with Crippen molar-refractivity contribution in [2.45, 2.75) is 13.2 Å². The van der Waals surface area contributed by atoms with Crippen LogP contribution in [0.2, 0.25) is 5.02 Å². The molecule has 1 fully saturated rings. The summed E-state index contributed by atoms with van der Waals surface area (Å²) in [4.78, 5) is 8.95. The number of halogens is 2. The number of alkyl halides is 1. The van der Waals surface area contributed by atoms with Crippen molar-refractivity contribution >= 4 is 34.0 Å². The lowest BCUT2D eigenvalue weighted by Gasteiger charge is -2.08. The Morgan fingerprint density at radius 1 is 1.04 bits per heavy atom. The highest BCUT2D eigenvalue weighted by molar-refractivity contribution is 9.08. The van der Waals surface area contributed by atoms with Crippen LogP contribution >= 0.6 is 27.5 Å². The van der Waals surface area contributed by atoms with Gasteiger partial charge in [-0.15, -0.1) is 0 Å². The van der Waals surface area contributed by atoms with Gasteiger partial charge in [0, 0.05) is 10.6 Å². The van der Waals surface area contributed by atoms with Crippen LogP contribution in [0, 0.1) is 6.92 Å². The largest absolute Gasteiger partial charge is 0.471 e. The van der Waals surface area contributed by atoms with Gasteiger partial charge in [0.05, 0.1) is 20.3 Å². The maximum Gasteiger partial charge on any atom is 0.292 e. The van der Waals surface area contributed by atoms with E-state index in [1.54, 1.807) is 0 Å². The summed E-state index contributed by atoms with van der Waals surface area (Å²) in [6, 6.07) is 17.8. The van der Waals surface area contributed by atoms with Gasteiger partial charge in [-0.05, 0) is 24.9 Å². The lowest BCUT2D eigenvalue weighted by Crippen LogP contribution is -1.96. The van der Waals surface area contributed by atoms with Crippen molar-refractivity contribution < 1.29 is 19.0 Å². The molecule has 0 saturated carbocycles. The highest BCUT2D eigenvalue weighted by Crippen LogP contribution is 2.23. The van der Waals surface area contributed by atoms with Gasteiger partial charge in [-0.1, -0.05) is 75.6 Å². The van der Waals surface area contributed by atoms with E-state index >= 15 is 0 Å². The van der Waals surface area contributed by atoms with Crippen LogP contribution in [0.4, 0.5) is 0 Å². The molecular formula is C19H24BrClO4. The number of benzene rings is 2. The third-order valence-corrected chi connectivity index (χ3v) is 3.05. The van der Waals surface area contributed by atoms with Gasteiger partial charge in [-0.2, -0.15) is 0 Å². The maximum atomic E-state index is 8.95. The van der Waals surface area contributed by atoms with Crippen LogP contribution in [-0.2, 0) is 19.0 Å². The molecule has 138 valence electrons. The zero-order valence-corrected chi connectivity index (χ0v) is 17.0. The number of carbonyl (C=O) groups is 1. The summed E-state index contributed by atoms with van der Waals surface area (Å²) in [6.45, 7) is 3.81. The number of rotatable bonds is 2. The molecule has 2 aromatic carbocycles. The van der Waals surface area contributed by atoms with E-state index in [-0.39, 0.29) is 6.29 Å². The minimum absolute atomic E-state index is 0.192. The van der Waals surface area contributed by atoms with E-state index in [0.717, 1.165) is 10.6 Å². The van der Waals surface area contributed by atoms with E-state index in [1.807, 2.05) is 48.3 Å². The third-order valence-electron chi connectivity index (χ3n) is 2.80. The molecular weight excluding hydrogens is 408 g/mol. The van der Waals surface area contributed by atoms with Gasteiger partial charge in [0.2, 0.25) is 0 Å². The molecule has 0 bridgehead atoms. The predicted octanol–water partition coefficient (Wildman–Crippen LogP) is 5.18. The summed E-state index contributed by atoms with van der Waals surface area (Å²) in [5.74, 6) is 1.81. The SMILES string of the molecule is CBr.COC=O.Cc1ccccc1.Clc1ccc(C2OCCO2)cc1. The highest BCUT2D eigenvalue weighted by Gasteiger charge is 2.17. The molecule has 1 aliphatic rings. The van der Waals surface area contributed by atoms with Crippen molar-refractivity contribution in [2.24, 2.45) is 0 Å². The zero-order chi connectivity index (χ0) is 18.9. The van der Waals surface area contributed by atoms with Gasteiger partial charge < -0.3 is 14.2 Å². The van der Waals surface area contributed by atoms with Crippen LogP contribution in [0.1, 0.15) is 17.4 Å². The van der Waals surface area contributed by atoms with Gasteiger partial charge in [-0.3, -0.25) is 4.79 Å². The fourth-order valence-corrected chi connectivity index (χ4v) is 1.83. The molecule has 6 heteroatoms. The Bertz CT molecular complexity index is 543. The zero-order valence-electron chi connectivity index (χ0n) is 14.7. The van der Waals surface area contributed by atoms with E-state index in [1.165, 1.54) is 12.7 Å². The summed E-state index contributed by atoms with van der Waals surface area (Å²) in [6.07, 6.45) is -0.192. The highest BCUT2D eigenvalue weighted by atomic mass is 79.9. The molecule has 0 spiro atoms. The molecule has 0 unspecified atom stereocenters. The Kier molecular flexibility index (Phi) is 15.2. The summed E-state index contributed by atoms with van der Waals surface area (Å²) >= 11 is 8.67. The van der Waals surface area contributed by atoms with Crippen molar-refractivity contribution in [1.82, 2.24) is 0 Å². The van der Waals surface area contributed by atoms with E-state index in [0.29, 0.717) is 19.7 Å². The van der Waals surface area contributed by atoms with Gasteiger partial charge in [0.15, 0.2) is 6.29 Å². The van der Waals surface area contributed by atoms with Crippen LogP contribution in [0.15, 0.2) is 54.6 Å². The van der Waals surface area contributed by atoms with Crippen molar-refractivity contribution in [3.63, 3.8) is 0 Å². The fraction of sp³-hybridized carbons (Fsp3) is 0.316. The molecule has 4 nitrogen and oxygen atoms in total. The van der Waals surface area contributed by atoms with Gasteiger partial charge in [0.1, 0.15) is 0 Å². The van der Waals surface area contributed by atoms with Crippen LogP contribution in [0.5, 0.6) is 0 Å². The Hall–Kier alpha value is -1.40. The normalized spacial score (nSPS) is 12.4. The minimum Gasteiger partial charge on any atom is -0.471 e. The van der Waals surface area contributed by atoms with E-state index in [4.69, 9.17) is 25.9 Å². The molecule has 1 aliphatic heterocycles. The molecule has 1 heterocycles. The average molecular weight is 432 g/mol. The second-order valence-electron chi connectivity index (χ2n) is 4.61. The van der Waals surface area contributed by atoms with Crippen LogP contribution in [-0.4, -0.2) is 32.6 Å². The first-order valence-corrected chi connectivity index (χ1v) is 9.48. The predicted molar refractivity (Wildman–Crippen MR) is 105 cm³/mol. The number of hydrogen-bond donors (Lipinski definition) is 0. The number of ether oxygens (including phenoxy) is 3. The van der Waals surface area contributed by atoms with Crippen molar-refractivity contribution in [1.29, 1.82) is 0 Å². The smallest absolute Gasteiger partial charge is 0.292 e. The molecule has 0 aliphatic carbocycles. The fourth-order valence-electron chi connectivity index (χ4n) is 1.71. The quantitative estimate of drug-likeness (QED) is 0.485. The Labute approximate surface area is 163 Å². The lowest BCUT2D eigenvalue weighted by molar-refractivity contribution is -0.126. The van der Waals surface area contributed by atoms with Crippen LogP contribution in [0.3, 0.4) is 0 Å². The second-order valence-corrected chi connectivity index (χ2v) is 5.05. The molecule has 3 rings (SSSR count). The lowest BCUT2D eigenvalue weighted by atomic mass is 10.2. The first-order chi connectivity index (χ1) is 12.2. The van der Waals surface area contributed by atoms with Crippen molar-refractivity contribution in [3.05, 3.63) is 70.7 Å². The topological polar surface area (TPSA) is 44.8 Å². The Balaban J connectivity index is 0.000000378. The Morgan fingerprint density at radius 2 is 1.52 bits per heavy atom. The molecule has 0 atom stereocenters. The van der Waals surface area contributed by atoms with Gasteiger partial charge in [-0.25, -0.2) is 0 Å². The van der Waals surface area contributed by atoms with Gasteiger partial charge in [0.25, 0.3) is 6.47 Å². The number of aryl methyl sites for hydroxylation is 1. The maximum absolute atomic E-state index is 8.95. The van der Waals surface area contributed by atoms with Crippen molar-refractivity contribution in [2.75, 3.05) is 26.2 Å². The number of methoxy groups -OCH3 is 1. The third kappa shape index (κ3) is 11.7. The Morgan fingerprint density at radius 3 is 1.88 bits per heavy atom. The molecule has 0 aromatic heterocycles. The van der Waals surface area contributed by atoms with E-state index < -0.39 is 0 Å². The number of carbonyl (C=O) groups excluding carboxylic acids is 1. The summed E-state index contributed by atoms with van der Waals surface area (Å²) in [7, 11) is 1.31. The summed E-state index contributed by atoms with van der Waals surface area (Å²) < 4.78 is 14.5. The standard InChI is InChI=1S/C9H9ClO2.C7H8.C2H4O2.CH3Br/c10-8-3-1-7(2-4-8)9-11-5-6-12-9;1-7-5-3-2-4-6-7;1-4-2-3;1-2/h1-4,9H,5-6H2;2-6H,1H3;2H,1H3;1H3. The van der Waals surface area contributed by atoms with Crippen LogP contribution < -0.4 is 0 Å². The molecule has 0 N–H and O–H groups in total. The monoisotopic (exact) mass is 430 g/mol. The first kappa shape index (κ1) is 23.6. The van der Waals surface area contributed by atoms with Crippen molar-refractivity contribution in [3.8, 4) is 0 Å². The molecule has 2 aromatic rings. The number of hydrogen-bond acceptors (Lipinski definition) is 4. The molecule has 0 radical (unpaired) electrons. The van der Waals surface area contributed by atoms with E-state index in [9.17, 15) is 0 Å². The van der Waals surface area contributed by atoms with Crippen LogP contribution in [0.25, 0.3) is 0 Å². The molecule has 0 amide bonds. The second kappa shape index (κ2) is 16.1. The molecule has 25 heavy (non-hydrogen) atoms. The summed E-state index contributed by atoms with van der Waals surface area (Å²) in [5, 5.41) is 0.733.